The molecule has 2 aromatic carbocycles. The van der Waals surface area contributed by atoms with E-state index in [-0.39, 0.29) is 22.9 Å². The van der Waals surface area contributed by atoms with Gasteiger partial charge >= 0.3 is 5.97 Å². The first-order valence-corrected chi connectivity index (χ1v) is 7.40. The molecule has 116 valence electrons. The van der Waals surface area contributed by atoms with Gasteiger partial charge in [-0.05, 0) is 24.3 Å². The van der Waals surface area contributed by atoms with Crippen molar-refractivity contribution in [2.75, 3.05) is 0 Å². The molecule has 0 N–H and O–H groups in total. The average Bonchev–Trinajstić information content (AvgIpc) is 2.54. The summed E-state index contributed by atoms with van der Waals surface area (Å²) in [5.74, 6) is -0.353. The van der Waals surface area contributed by atoms with E-state index in [4.69, 9.17) is 27.9 Å². The largest absolute Gasteiger partial charge is 0.425 e. The van der Waals surface area contributed by atoms with Crippen molar-refractivity contribution in [2.24, 2.45) is 0 Å². The summed E-state index contributed by atoms with van der Waals surface area (Å²) in [6.45, 7) is -0.253. The van der Waals surface area contributed by atoms with Gasteiger partial charge in [0, 0.05) is 6.07 Å². The van der Waals surface area contributed by atoms with Crippen molar-refractivity contribution in [2.45, 2.75) is 6.54 Å². The van der Waals surface area contributed by atoms with Crippen molar-refractivity contribution < 1.29 is 9.53 Å². The van der Waals surface area contributed by atoms with E-state index in [1.54, 1.807) is 24.3 Å². The number of nitrogens with zero attached hydrogens (tertiary/aromatic N) is 2. The second-order valence-electron chi connectivity index (χ2n) is 4.74. The summed E-state index contributed by atoms with van der Waals surface area (Å²) in [5, 5.41) is 1.08. The van der Waals surface area contributed by atoms with E-state index in [2.05, 4.69) is 4.98 Å². The van der Waals surface area contributed by atoms with Crippen molar-refractivity contribution in [3.8, 4) is 5.75 Å². The van der Waals surface area contributed by atoms with Gasteiger partial charge in [-0.1, -0.05) is 35.3 Å². The maximum absolute atomic E-state index is 12.3. The minimum atomic E-state index is -0.609. The van der Waals surface area contributed by atoms with Gasteiger partial charge < -0.3 is 4.74 Å². The monoisotopic (exact) mass is 348 g/mol. The standard InChI is InChI=1S/C16H10Cl2N2O3/c17-12-6-5-10(7-13(12)18)23-15(21)8-20-9-19-14-4-2-1-3-11(14)16(20)22/h1-7,9H,8H2. The van der Waals surface area contributed by atoms with E-state index < -0.39 is 5.97 Å². The molecular formula is C16H10Cl2N2O3. The van der Waals surface area contributed by atoms with E-state index in [9.17, 15) is 9.59 Å². The lowest BCUT2D eigenvalue weighted by Gasteiger charge is -2.08. The highest BCUT2D eigenvalue weighted by Crippen LogP contribution is 2.26. The SMILES string of the molecule is O=C(Cn1cnc2ccccc2c1=O)Oc1ccc(Cl)c(Cl)c1. The summed E-state index contributed by atoms with van der Waals surface area (Å²) in [6.07, 6.45) is 1.32. The number of para-hydroxylation sites is 1. The molecule has 0 saturated heterocycles. The number of ether oxygens (including phenoxy) is 1. The maximum Gasteiger partial charge on any atom is 0.331 e. The highest BCUT2D eigenvalue weighted by atomic mass is 35.5. The van der Waals surface area contributed by atoms with Crippen molar-refractivity contribution in [1.29, 1.82) is 0 Å². The van der Waals surface area contributed by atoms with E-state index in [1.807, 2.05) is 0 Å². The highest BCUT2D eigenvalue weighted by molar-refractivity contribution is 6.42. The second-order valence-corrected chi connectivity index (χ2v) is 5.56. The van der Waals surface area contributed by atoms with Crippen molar-refractivity contribution in [1.82, 2.24) is 9.55 Å². The summed E-state index contributed by atoms with van der Waals surface area (Å²) >= 11 is 11.7. The first kappa shape index (κ1) is 15.5. The second kappa shape index (κ2) is 6.40. The lowest BCUT2D eigenvalue weighted by Crippen LogP contribution is -2.26. The van der Waals surface area contributed by atoms with Crippen LogP contribution >= 0.6 is 23.2 Å². The molecule has 0 aliphatic rings. The van der Waals surface area contributed by atoms with Crippen molar-refractivity contribution in [3.05, 3.63) is 69.2 Å². The molecular weight excluding hydrogens is 339 g/mol. The van der Waals surface area contributed by atoms with Crippen LogP contribution in [0, 0.1) is 0 Å². The summed E-state index contributed by atoms with van der Waals surface area (Å²) in [5.41, 5.74) is 0.272. The Kier molecular flexibility index (Phi) is 4.32. The molecule has 23 heavy (non-hydrogen) atoms. The van der Waals surface area contributed by atoms with Gasteiger partial charge in [-0.15, -0.1) is 0 Å². The number of carbonyl (C=O) groups is 1. The number of rotatable bonds is 3. The van der Waals surface area contributed by atoms with Gasteiger partial charge in [0.15, 0.2) is 0 Å². The number of hydrogen-bond donors (Lipinski definition) is 0. The van der Waals surface area contributed by atoms with Crippen LogP contribution in [0.2, 0.25) is 10.0 Å². The first-order valence-electron chi connectivity index (χ1n) is 6.64. The Morgan fingerprint density at radius 3 is 2.70 bits per heavy atom. The molecule has 5 nitrogen and oxygen atoms in total. The zero-order valence-corrected chi connectivity index (χ0v) is 13.2. The van der Waals surface area contributed by atoms with Gasteiger partial charge in [0.1, 0.15) is 12.3 Å². The van der Waals surface area contributed by atoms with Crippen LogP contribution in [0.4, 0.5) is 0 Å². The van der Waals surface area contributed by atoms with Crippen LogP contribution in [0.3, 0.4) is 0 Å². The Morgan fingerprint density at radius 2 is 1.91 bits per heavy atom. The minimum absolute atomic E-state index is 0.253. The van der Waals surface area contributed by atoms with Crippen LogP contribution in [-0.2, 0) is 11.3 Å². The van der Waals surface area contributed by atoms with Crippen molar-refractivity contribution in [3.63, 3.8) is 0 Å². The van der Waals surface area contributed by atoms with Crippen molar-refractivity contribution >= 4 is 40.1 Å². The molecule has 7 heteroatoms. The van der Waals surface area contributed by atoms with Gasteiger partial charge in [0.25, 0.3) is 5.56 Å². The number of benzene rings is 2. The Bertz CT molecular complexity index is 953. The quantitative estimate of drug-likeness (QED) is 0.538. The molecule has 0 aliphatic carbocycles. The fourth-order valence-corrected chi connectivity index (χ4v) is 2.35. The lowest BCUT2D eigenvalue weighted by molar-refractivity contribution is -0.135. The molecule has 1 aromatic heterocycles. The number of fused-ring (bicyclic) bond motifs is 1. The number of hydrogen-bond acceptors (Lipinski definition) is 4. The highest BCUT2D eigenvalue weighted by Gasteiger charge is 2.11. The Balaban J connectivity index is 1.81. The topological polar surface area (TPSA) is 61.2 Å². The molecule has 0 radical (unpaired) electrons. The fourth-order valence-electron chi connectivity index (χ4n) is 2.06. The first-order chi connectivity index (χ1) is 11.0. The zero-order chi connectivity index (χ0) is 16.4. The van der Waals surface area contributed by atoms with E-state index in [0.717, 1.165) is 0 Å². The van der Waals surface area contributed by atoms with E-state index >= 15 is 0 Å². The zero-order valence-electron chi connectivity index (χ0n) is 11.7. The molecule has 0 saturated carbocycles. The molecule has 0 bridgehead atoms. The van der Waals surface area contributed by atoms with Crippen LogP contribution in [0.15, 0.2) is 53.6 Å². The van der Waals surface area contributed by atoms with Crippen LogP contribution in [-0.4, -0.2) is 15.5 Å². The average molecular weight is 349 g/mol. The predicted octanol–water partition coefficient (Wildman–Crippen LogP) is 3.31. The van der Waals surface area contributed by atoms with Gasteiger partial charge in [-0.3, -0.25) is 9.36 Å². The van der Waals surface area contributed by atoms with Crippen LogP contribution in [0.5, 0.6) is 5.75 Å². The fraction of sp³-hybridized carbons (Fsp3) is 0.0625. The number of esters is 1. The Labute approximate surface area is 141 Å². The molecule has 0 aliphatic heterocycles. The number of carbonyl (C=O) groups excluding carboxylic acids is 1. The van der Waals surface area contributed by atoms with Gasteiger partial charge in [0.05, 0.1) is 27.3 Å². The molecule has 0 atom stereocenters. The minimum Gasteiger partial charge on any atom is -0.425 e. The van der Waals surface area contributed by atoms with Gasteiger partial charge in [0.2, 0.25) is 0 Å². The molecule has 0 amide bonds. The molecule has 3 rings (SSSR count). The third-order valence-corrected chi connectivity index (χ3v) is 3.89. The Hall–Kier alpha value is -2.37. The molecule has 1 heterocycles. The number of aromatic nitrogens is 2. The maximum atomic E-state index is 12.3. The third kappa shape index (κ3) is 3.36. The summed E-state index contributed by atoms with van der Waals surface area (Å²) < 4.78 is 6.35. The summed E-state index contributed by atoms with van der Waals surface area (Å²) in [4.78, 5) is 28.4. The van der Waals surface area contributed by atoms with Gasteiger partial charge in [-0.2, -0.15) is 0 Å². The molecule has 0 fully saturated rings. The molecule has 0 unspecified atom stereocenters. The molecule has 0 spiro atoms. The van der Waals surface area contributed by atoms with Gasteiger partial charge in [-0.25, -0.2) is 9.78 Å². The number of halogens is 2. The van der Waals surface area contributed by atoms with Crippen LogP contribution < -0.4 is 10.3 Å². The smallest absolute Gasteiger partial charge is 0.331 e. The Morgan fingerprint density at radius 1 is 1.13 bits per heavy atom. The summed E-state index contributed by atoms with van der Waals surface area (Å²) in [6, 6.07) is 11.4. The normalized spacial score (nSPS) is 10.7. The summed E-state index contributed by atoms with van der Waals surface area (Å²) in [7, 11) is 0. The van der Waals surface area contributed by atoms with E-state index in [1.165, 1.54) is 29.1 Å². The predicted molar refractivity (Wildman–Crippen MR) is 88.1 cm³/mol. The van der Waals surface area contributed by atoms with E-state index in [0.29, 0.717) is 15.9 Å². The third-order valence-electron chi connectivity index (χ3n) is 3.15. The van der Waals surface area contributed by atoms with Crippen LogP contribution in [0.1, 0.15) is 0 Å². The lowest BCUT2D eigenvalue weighted by atomic mass is 10.2. The van der Waals surface area contributed by atoms with Crippen LogP contribution in [0.25, 0.3) is 10.9 Å². The molecule has 3 aromatic rings.